The molecule has 15 heavy (non-hydrogen) atoms. The number of ether oxygens (including phenoxy) is 1. The van der Waals surface area contributed by atoms with E-state index in [1.165, 1.54) is 0 Å². The summed E-state index contributed by atoms with van der Waals surface area (Å²) in [5.41, 5.74) is 1.15. The average Bonchev–Trinajstić information content (AvgIpc) is 2.25. The molecule has 0 fully saturated rings. The molecule has 1 rings (SSSR count). The first-order chi connectivity index (χ1) is 7.22. The molecule has 0 heterocycles. The Morgan fingerprint density at radius 1 is 1.20 bits per heavy atom. The Labute approximate surface area is 88.3 Å². The van der Waals surface area contributed by atoms with Crippen LogP contribution < -0.4 is 4.74 Å². The van der Waals surface area contributed by atoms with Gasteiger partial charge in [-0.05, 0) is 30.5 Å². The van der Waals surface area contributed by atoms with Gasteiger partial charge < -0.3 is 4.74 Å². The second-order valence-electron chi connectivity index (χ2n) is 3.04. The Hall–Kier alpha value is -1.14. The van der Waals surface area contributed by atoms with E-state index < -0.39 is 0 Å². The molecule has 0 aliphatic rings. The van der Waals surface area contributed by atoms with E-state index >= 15 is 0 Å². The fraction of sp³-hybridized carbons (Fsp3) is 0.400. The number of nitrogens with zero attached hydrogens (tertiary/aromatic N) is 1. The molecule has 0 unspecified atom stereocenters. The van der Waals surface area contributed by atoms with Crippen LogP contribution in [0, 0.1) is 0 Å². The SMILES string of the molecule is COc1ccc(CCCON(O)O)cc1. The van der Waals surface area contributed by atoms with Gasteiger partial charge in [0.1, 0.15) is 5.75 Å². The number of rotatable bonds is 6. The van der Waals surface area contributed by atoms with Gasteiger partial charge in [-0.2, -0.15) is 0 Å². The van der Waals surface area contributed by atoms with E-state index in [9.17, 15) is 0 Å². The first-order valence-electron chi connectivity index (χ1n) is 4.66. The molecule has 1 aromatic carbocycles. The maximum Gasteiger partial charge on any atom is 0.118 e. The van der Waals surface area contributed by atoms with Gasteiger partial charge in [0, 0.05) is 0 Å². The summed E-state index contributed by atoms with van der Waals surface area (Å²) in [4.78, 5) is 4.43. The lowest BCUT2D eigenvalue weighted by Crippen LogP contribution is -2.15. The summed E-state index contributed by atoms with van der Waals surface area (Å²) in [6.45, 7) is 0.263. The van der Waals surface area contributed by atoms with E-state index in [1.807, 2.05) is 24.3 Å². The second-order valence-corrected chi connectivity index (χ2v) is 3.04. The number of hydrogen-bond acceptors (Lipinski definition) is 5. The van der Waals surface area contributed by atoms with Crippen molar-refractivity contribution in [2.24, 2.45) is 0 Å². The van der Waals surface area contributed by atoms with Crippen LogP contribution in [0.15, 0.2) is 24.3 Å². The highest BCUT2D eigenvalue weighted by molar-refractivity contribution is 5.27. The molecular weight excluding hydrogens is 198 g/mol. The molecule has 2 N–H and O–H groups in total. The Morgan fingerprint density at radius 2 is 1.87 bits per heavy atom. The van der Waals surface area contributed by atoms with Crippen molar-refractivity contribution in [3.63, 3.8) is 0 Å². The summed E-state index contributed by atoms with van der Waals surface area (Å²) in [5, 5.41) is 16.3. The number of aryl methyl sites for hydroxylation is 1. The lowest BCUT2D eigenvalue weighted by Gasteiger charge is -2.06. The van der Waals surface area contributed by atoms with Crippen molar-refractivity contribution >= 4 is 0 Å². The highest BCUT2D eigenvalue weighted by atomic mass is 17.1. The summed E-state index contributed by atoms with van der Waals surface area (Å²) >= 11 is 0. The third-order valence-electron chi connectivity index (χ3n) is 1.98. The molecule has 84 valence electrons. The van der Waals surface area contributed by atoms with Gasteiger partial charge in [0.05, 0.1) is 19.1 Å². The van der Waals surface area contributed by atoms with Crippen LogP contribution in [-0.4, -0.2) is 29.5 Å². The smallest absolute Gasteiger partial charge is 0.118 e. The molecule has 5 nitrogen and oxygen atoms in total. The highest BCUT2D eigenvalue weighted by Gasteiger charge is 1.97. The molecule has 0 atom stereocenters. The van der Waals surface area contributed by atoms with Gasteiger partial charge in [-0.3, -0.25) is 15.3 Å². The molecule has 0 aromatic heterocycles. The fourth-order valence-electron chi connectivity index (χ4n) is 1.21. The standard InChI is InChI=1S/C10H15NO4/c1-14-10-6-4-9(5-7-10)3-2-8-15-11(12)13/h4-7,12-13H,2-3,8H2,1H3. The van der Waals surface area contributed by atoms with E-state index in [2.05, 4.69) is 4.84 Å². The van der Waals surface area contributed by atoms with Gasteiger partial charge in [-0.15, -0.1) is 0 Å². The van der Waals surface area contributed by atoms with Crippen LogP contribution in [0.25, 0.3) is 0 Å². The largest absolute Gasteiger partial charge is 0.497 e. The monoisotopic (exact) mass is 213 g/mol. The third kappa shape index (κ3) is 4.75. The zero-order chi connectivity index (χ0) is 11.1. The van der Waals surface area contributed by atoms with E-state index in [0.29, 0.717) is 6.42 Å². The maximum absolute atomic E-state index is 8.27. The normalized spacial score (nSPS) is 10.7. The summed E-state index contributed by atoms with van der Waals surface area (Å²) in [6, 6.07) is 7.71. The molecule has 0 radical (unpaired) electrons. The van der Waals surface area contributed by atoms with Crippen LogP contribution in [0.3, 0.4) is 0 Å². The van der Waals surface area contributed by atoms with Gasteiger partial charge in [-0.1, -0.05) is 12.1 Å². The first-order valence-corrected chi connectivity index (χ1v) is 4.66. The van der Waals surface area contributed by atoms with Crippen LogP contribution in [0.5, 0.6) is 5.75 Å². The van der Waals surface area contributed by atoms with E-state index in [1.54, 1.807) is 7.11 Å². The quantitative estimate of drug-likeness (QED) is 0.555. The summed E-state index contributed by atoms with van der Waals surface area (Å²) < 4.78 is 5.03. The van der Waals surface area contributed by atoms with Gasteiger partial charge in [0.25, 0.3) is 0 Å². The minimum Gasteiger partial charge on any atom is -0.497 e. The van der Waals surface area contributed by atoms with Gasteiger partial charge >= 0.3 is 0 Å². The van der Waals surface area contributed by atoms with Crippen molar-refractivity contribution in [2.45, 2.75) is 12.8 Å². The zero-order valence-electron chi connectivity index (χ0n) is 8.59. The van der Waals surface area contributed by atoms with Gasteiger partial charge in [0.2, 0.25) is 0 Å². The Bertz CT molecular complexity index is 273. The molecule has 0 amide bonds. The number of methoxy groups -OCH3 is 1. The Balaban J connectivity index is 2.25. The third-order valence-corrected chi connectivity index (χ3v) is 1.98. The van der Waals surface area contributed by atoms with E-state index in [0.717, 1.165) is 17.7 Å². The van der Waals surface area contributed by atoms with Gasteiger partial charge in [0.15, 0.2) is 0 Å². The van der Waals surface area contributed by atoms with Crippen molar-refractivity contribution in [1.82, 2.24) is 5.39 Å². The van der Waals surface area contributed by atoms with Crippen molar-refractivity contribution < 1.29 is 20.0 Å². The van der Waals surface area contributed by atoms with Crippen LogP contribution in [0.2, 0.25) is 0 Å². The molecule has 0 saturated heterocycles. The van der Waals surface area contributed by atoms with Crippen molar-refractivity contribution in [3.05, 3.63) is 29.8 Å². The average molecular weight is 213 g/mol. The molecule has 0 aliphatic carbocycles. The second kappa shape index (κ2) is 6.36. The number of hydrogen-bond donors (Lipinski definition) is 2. The minimum absolute atomic E-state index is 0.263. The molecule has 0 bridgehead atoms. The topological polar surface area (TPSA) is 62.2 Å². The predicted molar refractivity (Wildman–Crippen MR) is 52.7 cm³/mol. The highest BCUT2D eigenvalue weighted by Crippen LogP contribution is 2.12. The molecule has 5 heteroatoms. The van der Waals surface area contributed by atoms with Crippen molar-refractivity contribution in [1.29, 1.82) is 0 Å². The van der Waals surface area contributed by atoms with Crippen LogP contribution in [0.1, 0.15) is 12.0 Å². The van der Waals surface area contributed by atoms with Crippen molar-refractivity contribution in [2.75, 3.05) is 13.7 Å². The fourth-order valence-corrected chi connectivity index (χ4v) is 1.21. The first kappa shape index (κ1) is 11.9. The summed E-state index contributed by atoms with van der Waals surface area (Å²) in [7, 11) is 1.62. The summed E-state index contributed by atoms with van der Waals surface area (Å²) in [6.07, 6.45) is 1.53. The van der Waals surface area contributed by atoms with Gasteiger partial charge in [-0.25, -0.2) is 0 Å². The zero-order valence-corrected chi connectivity index (χ0v) is 8.59. The van der Waals surface area contributed by atoms with Crippen molar-refractivity contribution in [3.8, 4) is 5.75 Å². The molecule has 0 aliphatic heterocycles. The molecule has 0 spiro atoms. The lowest BCUT2D eigenvalue weighted by molar-refractivity contribution is -0.492. The molecule has 1 aromatic rings. The molecule has 0 saturated carbocycles. The van der Waals surface area contributed by atoms with Crippen LogP contribution in [0.4, 0.5) is 0 Å². The van der Waals surface area contributed by atoms with Crippen LogP contribution >= 0.6 is 0 Å². The molecular formula is C10H15NO4. The van der Waals surface area contributed by atoms with Crippen LogP contribution in [-0.2, 0) is 11.3 Å². The van der Waals surface area contributed by atoms with E-state index in [4.69, 9.17) is 15.2 Å². The predicted octanol–water partition coefficient (Wildman–Crippen LogP) is 1.64. The lowest BCUT2D eigenvalue weighted by atomic mass is 10.1. The summed E-state index contributed by atoms with van der Waals surface area (Å²) in [5.74, 6) is 0.826. The maximum atomic E-state index is 8.27. The Morgan fingerprint density at radius 3 is 2.40 bits per heavy atom. The number of benzene rings is 1. The Kier molecular flexibility index (Phi) is 5.06. The minimum atomic E-state index is -0.270. The van der Waals surface area contributed by atoms with E-state index in [-0.39, 0.29) is 12.0 Å².